The summed E-state index contributed by atoms with van der Waals surface area (Å²) in [6.45, 7) is 0. The molecule has 2 rings (SSSR count). The first-order chi connectivity index (χ1) is 5.29. The molecule has 1 heterocycles. The van der Waals surface area contributed by atoms with Crippen LogP contribution in [0.2, 0.25) is 5.15 Å². The van der Waals surface area contributed by atoms with Crippen molar-refractivity contribution in [2.24, 2.45) is 0 Å². The maximum absolute atomic E-state index is 5.77. The number of aromatic nitrogens is 1. The number of nitrogens with one attached hydrogen (secondary N) is 1. The lowest BCUT2D eigenvalue weighted by Gasteiger charge is -1.87. The molecule has 2 nitrogen and oxygen atoms in total. The van der Waals surface area contributed by atoms with Crippen LogP contribution in [0.15, 0.2) is 24.3 Å². The van der Waals surface area contributed by atoms with Crippen LogP contribution in [0.4, 0.5) is 5.69 Å². The van der Waals surface area contributed by atoms with Crippen molar-refractivity contribution in [3.8, 4) is 0 Å². The number of aromatic amines is 1. The van der Waals surface area contributed by atoms with Crippen LogP contribution >= 0.6 is 11.6 Å². The van der Waals surface area contributed by atoms with Gasteiger partial charge < -0.3 is 10.7 Å². The number of anilines is 1. The minimum absolute atomic E-state index is 0.520. The van der Waals surface area contributed by atoms with Gasteiger partial charge in [0, 0.05) is 10.9 Å². The Kier molecular flexibility index (Phi) is 1.29. The zero-order valence-electron chi connectivity index (χ0n) is 5.76. The van der Waals surface area contributed by atoms with E-state index in [-0.39, 0.29) is 0 Å². The molecule has 0 radical (unpaired) electrons. The largest absolute Gasteiger partial charge is 0.396 e. The first-order valence-electron chi connectivity index (χ1n) is 3.31. The third kappa shape index (κ3) is 0.870. The third-order valence-electron chi connectivity index (χ3n) is 1.70. The second-order valence-electron chi connectivity index (χ2n) is 2.40. The minimum Gasteiger partial charge on any atom is -0.396 e. The van der Waals surface area contributed by atoms with Crippen LogP contribution in [0, 0.1) is 0 Å². The smallest absolute Gasteiger partial charge is 0.130 e. The fraction of sp³-hybridized carbons (Fsp3) is 0. The number of hydrogen-bond donors (Lipinski definition) is 2. The molecule has 0 amide bonds. The van der Waals surface area contributed by atoms with Crippen LogP contribution in [0.3, 0.4) is 0 Å². The van der Waals surface area contributed by atoms with E-state index < -0.39 is 0 Å². The van der Waals surface area contributed by atoms with Gasteiger partial charge in [-0.15, -0.1) is 0 Å². The summed E-state index contributed by atoms with van der Waals surface area (Å²) in [5, 5.41) is 1.50. The van der Waals surface area contributed by atoms with Crippen LogP contribution in [0.1, 0.15) is 0 Å². The van der Waals surface area contributed by atoms with Gasteiger partial charge in [0.05, 0.1) is 5.69 Å². The molecule has 56 valence electrons. The van der Waals surface area contributed by atoms with Gasteiger partial charge in [0.2, 0.25) is 0 Å². The summed E-state index contributed by atoms with van der Waals surface area (Å²) >= 11 is 5.77. The molecule has 1 aromatic heterocycles. The van der Waals surface area contributed by atoms with Crippen LogP contribution in [0.5, 0.6) is 0 Å². The molecule has 0 saturated heterocycles. The average molecular weight is 167 g/mol. The molecule has 2 aromatic rings. The highest BCUT2D eigenvalue weighted by atomic mass is 35.5. The first-order valence-corrected chi connectivity index (χ1v) is 3.68. The second kappa shape index (κ2) is 2.17. The molecular formula is C8H7ClN2. The molecule has 3 heteroatoms. The van der Waals surface area contributed by atoms with Crippen molar-refractivity contribution in [3.63, 3.8) is 0 Å². The Morgan fingerprint density at radius 2 is 2.00 bits per heavy atom. The average Bonchev–Trinajstić information content (AvgIpc) is 2.30. The van der Waals surface area contributed by atoms with Crippen molar-refractivity contribution in [2.45, 2.75) is 0 Å². The fourth-order valence-corrected chi connectivity index (χ4v) is 1.33. The highest BCUT2D eigenvalue weighted by molar-refractivity contribution is 6.34. The summed E-state index contributed by atoms with van der Waals surface area (Å²) in [5.74, 6) is 0. The van der Waals surface area contributed by atoms with Crippen molar-refractivity contribution in [1.82, 2.24) is 4.98 Å². The first kappa shape index (κ1) is 6.55. The van der Waals surface area contributed by atoms with Gasteiger partial charge in [-0.2, -0.15) is 0 Å². The number of nitrogens with two attached hydrogens (primary N) is 1. The van der Waals surface area contributed by atoms with E-state index in [2.05, 4.69) is 4.98 Å². The fourth-order valence-electron chi connectivity index (χ4n) is 1.13. The van der Waals surface area contributed by atoms with Crippen LogP contribution < -0.4 is 5.73 Å². The predicted octanol–water partition coefficient (Wildman–Crippen LogP) is 2.40. The van der Waals surface area contributed by atoms with Gasteiger partial charge >= 0.3 is 0 Å². The standard InChI is InChI=1S/C8H7ClN2/c9-8-7(10)5-3-1-2-4-6(5)11-8/h1-4,11H,10H2. The van der Waals surface area contributed by atoms with Gasteiger partial charge in [-0.05, 0) is 6.07 Å². The Hall–Kier alpha value is -1.15. The number of fused-ring (bicyclic) bond motifs is 1. The van der Waals surface area contributed by atoms with Gasteiger partial charge in [-0.25, -0.2) is 0 Å². The van der Waals surface area contributed by atoms with E-state index in [1.165, 1.54) is 0 Å². The lowest BCUT2D eigenvalue weighted by atomic mass is 10.2. The van der Waals surface area contributed by atoms with Crippen LogP contribution in [-0.4, -0.2) is 4.98 Å². The summed E-state index contributed by atoms with van der Waals surface area (Å²) in [4.78, 5) is 2.97. The van der Waals surface area contributed by atoms with Crippen LogP contribution in [-0.2, 0) is 0 Å². The maximum atomic E-state index is 5.77. The van der Waals surface area contributed by atoms with E-state index in [9.17, 15) is 0 Å². The molecule has 0 aliphatic heterocycles. The van der Waals surface area contributed by atoms with E-state index in [0.717, 1.165) is 10.9 Å². The Labute approximate surface area is 69.0 Å². The van der Waals surface area contributed by atoms with E-state index in [1.54, 1.807) is 0 Å². The van der Waals surface area contributed by atoms with E-state index in [1.807, 2.05) is 24.3 Å². The predicted molar refractivity (Wildman–Crippen MR) is 47.7 cm³/mol. The lowest BCUT2D eigenvalue weighted by molar-refractivity contribution is 1.47. The number of H-pyrrole nitrogens is 1. The van der Waals surface area contributed by atoms with Gasteiger partial charge in [-0.3, -0.25) is 0 Å². The monoisotopic (exact) mass is 166 g/mol. The molecular weight excluding hydrogens is 160 g/mol. The third-order valence-corrected chi connectivity index (χ3v) is 2.00. The summed E-state index contributed by atoms with van der Waals surface area (Å²) in [6, 6.07) is 7.75. The van der Waals surface area contributed by atoms with Crippen LogP contribution in [0.25, 0.3) is 10.9 Å². The summed E-state index contributed by atoms with van der Waals surface area (Å²) in [5.41, 5.74) is 7.28. The van der Waals surface area contributed by atoms with Crippen molar-refractivity contribution in [2.75, 3.05) is 5.73 Å². The maximum Gasteiger partial charge on any atom is 0.130 e. The topological polar surface area (TPSA) is 41.8 Å². The summed E-state index contributed by atoms with van der Waals surface area (Å²) < 4.78 is 0. The Morgan fingerprint density at radius 1 is 1.27 bits per heavy atom. The molecule has 0 bridgehead atoms. The van der Waals surface area contributed by atoms with Gasteiger partial charge in [0.1, 0.15) is 5.15 Å². The van der Waals surface area contributed by atoms with Gasteiger partial charge in [-0.1, -0.05) is 29.8 Å². The SMILES string of the molecule is Nc1c(Cl)[nH]c2ccccc12. The normalized spacial score (nSPS) is 10.6. The molecule has 0 unspecified atom stereocenters. The van der Waals surface area contributed by atoms with Crippen molar-refractivity contribution >= 4 is 28.2 Å². The quantitative estimate of drug-likeness (QED) is 0.620. The van der Waals surface area contributed by atoms with E-state index in [4.69, 9.17) is 17.3 Å². The van der Waals surface area contributed by atoms with Crippen molar-refractivity contribution in [1.29, 1.82) is 0 Å². The minimum atomic E-state index is 0.520. The van der Waals surface area contributed by atoms with E-state index in [0.29, 0.717) is 10.8 Å². The summed E-state index contributed by atoms with van der Waals surface area (Å²) in [7, 11) is 0. The number of para-hydroxylation sites is 1. The van der Waals surface area contributed by atoms with Gasteiger partial charge in [0.25, 0.3) is 0 Å². The van der Waals surface area contributed by atoms with Crippen molar-refractivity contribution < 1.29 is 0 Å². The Morgan fingerprint density at radius 3 is 2.73 bits per heavy atom. The molecule has 11 heavy (non-hydrogen) atoms. The second-order valence-corrected chi connectivity index (χ2v) is 2.78. The highest BCUT2D eigenvalue weighted by Crippen LogP contribution is 2.27. The number of halogens is 1. The lowest BCUT2D eigenvalue weighted by Crippen LogP contribution is -1.80. The molecule has 0 aliphatic rings. The number of benzene rings is 1. The zero-order valence-corrected chi connectivity index (χ0v) is 6.52. The molecule has 0 atom stereocenters. The van der Waals surface area contributed by atoms with Crippen molar-refractivity contribution in [3.05, 3.63) is 29.4 Å². The highest BCUT2D eigenvalue weighted by Gasteiger charge is 2.03. The molecule has 0 spiro atoms. The number of rotatable bonds is 0. The summed E-state index contributed by atoms with van der Waals surface area (Å²) in [6.07, 6.45) is 0. The molecule has 0 aliphatic carbocycles. The Bertz CT molecular complexity index is 392. The molecule has 0 saturated carbocycles. The molecule has 3 N–H and O–H groups in total. The van der Waals surface area contributed by atoms with E-state index >= 15 is 0 Å². The zero-order chi connectivity index (χ0) is 7.84. The van der Waals surface area contributed by atoms with Gasteiger partial charge in [0.15, 0.2) is 0 Å². The number of nitrogen functional groups attached to an aromatic ring is 1. The Balaban J connectivity index is 2.92. The number of hydrogen-bond acceptors (Lipinski definition) is 1. The molecule has 1 aromatic carbocycles. The molecule has 0 fully saturated rings.